The number of anilines is 1. The maximum absolute atomic E-state index is 13.5. The minimum absolute atomic E-state index is 0.00621. The zero-order valence-corrected chi connectivity index (χ0v) is 20.6. The molecule has 0 atom stereocenters. The van der Waals surface area contributed by atoms with Gasteiger partial charge in [0.15, 0.2) is 5.69 Å². The van der Waals surface area contributed by atoms with E-state index in [0.29, 0.717) is 18.8 Å². The molecular formula is C28H36N4O2. The van der Waals surface area contributed by atoms with Crippen molar-refractivity contribution in [3.8, 4) is 0 Å². The molecule has 2 aromatic rings. The summed E-state index contributed by atoms with van der Waals surface area (Å²) < 4.78 is 0. The van der Waals surface area contributed by atoms with Gasteiger partial charge in [-0.1, -0.05) is 56.2 Å². The summed E-state index contributed by atoms with van der Waals surface area (Å²) in [7, 11) is 0. The van der Waals surface area contributed by atoms with Crippen LogP contribution >= 0.6 is 0 Å². The number of amides is 2. The first kappa shape index (κ1) is 25.3. The first-order valence-electron chi connectivity index (χ1n) is 12.3. The Hall–Kier alpha value is -3.33. The van der Waals surface area contributed by atoms with Gasteiger partial charge in [-0.2, -0.15) is 0 Å². The Morgan fingerprint density at radius 1 is 1.06 bits per heavy atom. The maximum atomic E-state index is 13.5. The van der Waals surface area contributed by atoms with Gasteiger partial charge in [0.2, 0.25) is 11.8 Å². The van der Waals surface area contributed by atoms with E-state index >= 15 is 0 Å². The molecule has 1 aliphatic rings. The Labute approximate surface area is 203 Å². The first-order valence-corrected chi connectivity index (χ1v) is 12.3. The summed E-state index contributed by atoms with van der Waals surface area (Å²) in [6.07, 6.45) is 4.83. The number of hydrogen-bond donors (Lipinski definition) is 1. The van der Waals surface area contributed by atoms with Gasteiger partial charge in [-0.3, -0.25) is 9.59 Å². The Bertz CT molecular complexity index is 1020. The van der Waals surface area contributed by atoms with Crippen LogP contribution in [0.1, 0.15) is 49.8 Å². The number of rotatable bonds is 11. The number of nitrogens with one attached hydrogen (secondary N) is 1. The standard InChI is InChI=1S/C28H36N4O2/c1-5-7-10-15-30-27(33)19-31(26-18-24(29-4)14-13-21(26)3)20-28(34)32(6-2)25-16-22-11-8-9-12-23(22)17-25/h8-9,11-14,18,25H,5-7,10,15-17,19-20H2,1-3H3,(H,30,33). The van der Waals surface area contributed by atoms with Crippen LogP contribution in [0.25, 0.3) is 4.85 Å². The summed E-state index contributed by atoms with van der Waals surface area (Å²) in [4.78, 5) is 33.6. The fourth-order valence-electron chi connectivity index (χ4n) is 4.71. The van der Waals surface area contributed by atoms with Gasteiger partial charge in [-0.15, -0.1) is 0 Å². The first-order chi connectivity index (χ1) is 16.5. The third-order valence-electron chi connectivity index (χ3n) is 6.56. The second kappa shape index (κ2) is 12.2. The lowest BCUT2D eigenvalue weighted by Gasteiger charge is -2.32. The smallest absolute Gasteiger partial charge is 0.242 e. The minimum Gasteiger partial charge on any atom is -0.355 e. The van der Waals surface area contributed by atoms with Crippen LogP contribution in [0.3, 0.4) is 0 Å². The average Bonchev–Trinajstić information content (AvgIpc) is 3.26. The largest absolute Gasteiger partial charge is 0.355 e. The number of aryl methyl sites for hydroxylation is 1. The number of fused-ring (bicyclic) bond motifs is 1. The average molecular weight is 461 g/mol. The maximum Gasteiger partial charge on any atom is 0.242 e. The quantitative estimate of drug-likeness (QED) is 0.391. The lowest BCUT2D eigenvalue weighted by Crippen LogP contribution is -2.48. The van der Waals surface area contributed by atoms with Crippen LogP contribution in [0, 0.1) is 13.5 Å². The van der Waals surface area contributed by atoms with E-state index in [4.69, 9.17) is 6.57 Å². The second-order valence-corrected chi connectivity index (χ2v) is 9.01. The highest BCUT2D eigenvalue weighted by atomic mass is 16.2. The number of carbonyl (C=O) groups is 2. The van der Waals surface area contributed by atoms with Crippen molar-refractivity contribution in [2.24, 2.45) is 0 Å². The van der Waals surface area contributed by atoms with Gasteiger partial charge in [0.05, 0.1) is 19.7 Å². The van der Waals surface area contributed by atoms with Crippen molar-refractivity contribution < 1.29 is 9.59 Å². The number of benzene rings is 2. The van der Waals surface area contributed by atoms with E-state index in [0.717, 1.165) is 43.4 Å². The van der Waals surface area contributed by atoms with Gasteiger partial charge in [0.25, 0.3) is 0 Å². The molecule has 6 heteroatoms. The van der Waals surface area contributed by atoms with Crippen LogP contribution in [0.5, 0.6) is 0 Å². The normalized spacial score (nSPS) is 12.6. The molecule has 6 nitrogen and oxygen atoms in total. The number of likely N-dealkylation sites (N-methyl/N-ethyl adjacent to an activating group) is 1. The second-order valence-electron chi connectivity index (χ2n) is 9.01. The van der Waals surface area contributed by atoms with Gasteiger partial charge >= 0.3 is 0 Å². The highest BCUT2D eigenvalue weighted by Crippen LogP contribution is 2.28. The molecule has 2 aromatic carbocycles. The molecule has 0 spiro atoms. The van der Waals surface area contributed by atoms with E-state index < -0.39 is 0 Å². The van der Waals surface area contributed by atoms with Crippen LogP contribution in [0.4, 0.5) is 11.4 Å². The molecule has 0 aromatic heterocycles. The molecule has 0 radical (unpaired) electrons. The van der Waals surface area contributed by atoms with Crippen LogP contribution in [0.15, 0.2) is 42.5 Å². The highest BCUT2D eigenvalue weighted by molar-refractivity contribution is 5.87. The predicted molar refractivity (Wildman–Crippen MR) is 137 cm³/mol. The topological polar surface area (TPSA) is 57.0 Å². The monoisotopic (exact) mass is 460 g/mol. The van der Waals surface area contributed by atoms with Crippen molar-refractivity contribution in [3.63, 3.8) is 0 Å². The minimum atomic E-state index is -0.104. The SMILES string of the molecule is [C-]#[N+]c1ccc(C)c(N(CC(=O)NCCCCC)CC(=O)N(CC)C2Cc3ccccc3C2)c1. The molecule has 2 amide bonds. The molecule has 1 aliphatic carbocycles. The molecule has 180 valence electrons. The Balaban J connectivity index is 1.76. The molecule has 0 saturated heterocycles. The molecular weight excluding hydrogens is 424 g/mol. The molecule has 0 fully saturated rings. The molecule has 0 saturated carbocycles. The predicted octanol–water partition coefficient (Wildman–Crippen LogP) is 4.67. The number of nitrogens with zero attached hydrogens (tertiary/aromatic N) is 3. The summed E-state index contributed by atoms with van der Waals surface area (Å²) in [5.74, 6) is -0.0976. The van der Waals surface area contributed by atoms with E-state index in [1.807, 2.05) is 41.8 Å². The molecule has 0 heterocycles. The van der Waals surface area contributed by atoms with E-state index in [9.17, 15) is 9.59 Å². The summed E-state index contributed by atoms with van der Waals surface area (Å²) in [5.41, 5.74) is 4.82. The van der Waals surface area contributed by atoms with E-state index in [2.05, 4.69) is 29.2 Å². The number of unbranched alkanes of at least 4 members (excludes halogenated alkanes) is 2. The van der Waals surface area contributed by atoms with Gasteiger partial charge in [0.1, 0.15) is 0 Å². The molecule has 0 aliphatic heterocycles. The van der Waals surface area contributed by atoms with Crippen LogP contribution in [0.2, 0.25) is 0 Å². The highest BCUT2D eigenvalue weighted by Gasteiger charge is 2.30. The lowest BCUT2D eigenvalue weighted by molar-refractivity contribution is -0.131. The summed E-state index contributed by atoms with van der Waals surface area (Å²) in [6, 6.07) is 13.9. The van der Waals surface area contributed by atoms with Crippen LogP contribution in [-0.2, 0) is 22.4 Å². The van der Waals surface area contributed by atoms with Gasteiger partial charge < -0.3 is 15.1 Å². The lowest BCUT2D eigenvalue weighted by atomic mass is 10.1. The number of carbonyl (C=O) groups excluding carboxylic acids is 2. The van der Waals surface area contributed by atoms with Crippen LogP contribution in [-0.4, -0.2) is 48.9 Å². The Morgan fingerprint density at radius 2 is 1.76 bits per heavy atom. The molecule has 34 heavy (non-hydrogen) atoms. The third-order valence-corrected chi connectivity index (χ3v) is 6.56. The third kappa shape index (κ3) is 6.38. The molecule has 3 rings (SSSR count). The number of hydrogen-bond acceptors (Lipinski definition) is 3. The van der Waals surface area contributed by atoms with Crippen molar-refractivity contribution in [2.45, 2.75) is 58.9 Å². The molecule has 1 N–H and O–H groups in total. The van der Waals surface area contributed by atoms with Crippen LogP contribution < -0.4 is 10.2 Å². The summed E-state index contributed by atoms with van der Waals surface area (Å²) in [6.45, 7) is 14.9. The van der Waals surface area contributed by atoms with Gasteiger partial charge in [0, 0.05) is 24.8 Å². The van der Waals surface area contributed by atoms with Crippen molar-refractivity contribution in [3.05, 3.63) is 70.6 Å². The fourth-order valence-corrected chi connectivity index (χ4v) is 4.71. The van der Waals surface area contributed by atoms with Gasteiger partial charge in [-0.05, 0) is 55.9 Å². The van der Waals surface area contributed by atoms with E-state index in [1.165, 1.54) is 11.1 Å². The van der Waals surface area contributed by atoms with Crippen molar-refractivity contribution in [2.75, 3.05) is 31.1 Å². The van der Waals surface area contributed by atoms with E-state index in [1.54, 1.807) is 12.1 Å². The summed E-state index contributed by atoms with van der Waals surface area (Å²) in [5, 5.41) is 2.98. The van der Waals surface area contributed by atoms with Crippen molar-refractivity contribution in [1.82, 2.24) is 10.2 Å². The van der Waals surface area contributed by atoms with E-state index in [-0.39, 0.29) is 30.9 Å². The fraction of sp³-hybridized carbons (Fsp3) is 0.464. The molecule has 0 unspecified atom stereocenters. The van der Waals surface area contributed by atoms with Crippen molar-refractivity contribution >= 4 is 23.2 Å². The summed E-state index contributed by atoms with van der Waals surface area (Å²) >= 11 is 0. The van der Waals surface area contributed by atoms with Crippen molar-refractivity contribution in [1.29, 1.82) is 0 Å². The Morgan fingerprint density at radius 3 is 2.38 bits per heavy atom. The Kier molecular flexibility index (Phi) is 9.09. The zero-order chi connectivity index (χ0) is 24.5. The van der Waals surface area contributed by atoms with Gasteiger partial charge in [-0.25, -0.2) is 4.85 Å². The molecule has 0 bridgehead atoms. The zero-order valence-electron chi connectivity index (χ0n) is 20.6.